The van der Waals surface area contributed by atoms with Gasteiger partial charge in [-0.15, -0.1) is 0 Å². The first-order valence-corrected chi connectivity index (χ1v) is 11.1. The minimum absolute atomic E-state index is 0.0252. The number of carbonyl (C=O) groups excluding carboxylic acids is 2. The molecule has 2 amide bonds. The zero-order chi connectivity index (χ0) is 23.1. The zero-order valence-electron chi connectivity index (χ0n) is 18.9. The molecule has 0 spiro atoms. The van der Waals surface area contributed by atoms with Crippen LogP contribution in [0.15, 0.2) is 48.5 Å². The molecule has 6 nitrogen and oxygen atoms in total. The Morgan fingerprint density at radius 1 is 1.09 bits per heavy atom. The van der Waals surface area contributed by atoms with Crippen LogP contribution in [0, 0.1) is 11.7 Å². The summed E-state index contributed by atoms with van der Waals surface area (Å²) in [4.78, 5) is 28.0. The van der Waals surface area contributed by atoms with Crippen LogP contribution in [-0.2, 0) is 4.79 Å². The Kier molecular flexibility index (Phi) is 8.22. The van der Waals surface area contributed by atoms with Crippen LogP contribution in [0.2, 0.25) is 0 Å². The molecule has 7 heteroatoms. The van der Waals surface area contributed by atoms with Gasteiger partial charge in [0.05, 0.1) is 13.2 Å². The van der Waals surface area contributed by atoms with Crippen molar-refractivity contribution in [2.45, 2.75) is 38.8 Å². The zero-order valence-corrected chi connectivity index (χ0v) is 18.9. The number of ether oxygens (including phenoxy) is 1. The second kappa shape index (κ2) is 11.1. The van der Waals surface area contributed by atoms with Gasteiger partial charge < -0.3 is 15.4 Å². The highest BCUT2D eigenvalue weighted by Gasteiger charge is 2.28. The maximum atomic E-state index is 13.2. The molecule has 172 valence electrons. The standard InChI is InChI=1S/C25H32FN3O3/c1-17(2)23(28-24(30)18-9-11-20(26)12-10-18)25(31)27-16-22(29-13-4-5-14-29)19-7-6-8-21(15-19)32-3/h6-12,15,17,22-23H,4-5,13-14,16H2,1-3H3,(H,27,31)(H,28,30)/t22-,23-/m0/s1. The number of carbonyl (C=O) groups is 2. The number of hydrogen-bond donors (Lipinski definition) is 2. The number of nitrogens with zero attached hydrogens (tertiary/aromatic N) is 1. The largest absolute Gasteiger partial charge is 0.497 e. The Labute approximate surface area is 189 Å². The fraction of sp³-hybridized carbons (Fsp3) is 0.440. The molecule has 1 saturated heterocycles. The van der Waals surface area contributed by atoms with Gasteiger partial charge in [0.2, 0.25) is 5.91 Å². The fourth-order valence-corrected chi connectivity index (χ4v) is 4.03. The molecule has 1 fully saturated rings. The number of benzene rings is 2. The van der Waals surface area contributed by atoms with Crippen LogP contribution in [0.5, 0.6) is 5.75 Å². The van der Waals surface area contributed by atoms with Crippen LogP contribution < -0.4 is 15.4 Å². The van der Waals surface area contributed by atoms with Crippen molar-refractivity contribution in [1.29, 1.82) is 0 Å². The molecule has 2 N–H and O–H groups in total. The molecule has 2 atom stereocenters. The number of methoxy groups -OCH3 is 1. The molecule has 2 aromatic rings. The second-order valence-electron chi connectivity index (χ2n) is 8.48. The summed E-state index contributed by atoms with van der Waals surface area (Å²) in [5.74, 6) is -0.374. The predicted octanol–water partition coefficient (Wildman–Crippen LogP) is 3.54. The summed E-state index contributed by atoms with van der Waals surface area (Å²) >= 11 is 0. The van der Waals surface area contributed by atoms with Crippen molar-refractivity contribution >= 4 is 11.8 Å². The predicted molar refractivity (Wildman–Crippen MR) is 122 cm³/mol. The van der Waals surface area contributed by atoms with E-state index in [1.54, 1.807) is 7.11 Å². The SMILES string of the molecule is COc1cccc([C@H](CNC(=O)[C@@H](NC(=O)c2ccc(F)cc2)C(C)C)N2CCCC2)c1. The highest BCUT2D eigenvalue weighted by Crippen LogP contribution is 2.27. The summed E-state index contributed by atoms with van der Waals surface area (Å²) in [6.45, 7) is 6.16. The third-order valence-electron chi connectivity index (χ3n) is 5.87. The van der Waals surface area contributed by atoms with E-state index in [4.69, 9.17) is 4.74 Å². The molecule has 1 aliphatic rings. The van der Waals surface area contributed by atoms with Crippen molar-refractivity contribution in [3.63, 3.8) is 0 Å². The van der Waals surface area contributed by atoms with Gasteiger partial charge in [0.1, 0.15) is 17.6 Å². The monoisotopic (exact) mass is 441 g/mol. The molecular weight excluding hydrogens is 409 g/mol. The molecule has 0 aliphatic carbocycles. The van der Waals surface area contributed by atoms with Gasteiger partial charge in [0.25, 0.3) is 5.91 Å². The number of rotatable bonds is 9. The average Bonchev–Trinajstić information content (AvgIpc) is 3.32. The Morgan fingerprint density at radius 3 is 2.41 bits per heavy atom. The normalized spacial score (nSPS) is 15.9. The highest BCUT2D eigenvalue weighted by atomic mass is 19.1. The maximum absolute atomic E-state index is 13.2. The minimum Gasteiger partial charge on any atom is -0.497 e. The molecule has 1 aliphatic heterocycles. The van der Waals surface area contributed by atoms with Crippen LogP contribution in [-0.4, -0.2) is 49.5 Å². The Morgan fingerprint density at radius 2 is 1.78 bits per heavy atom. The van der Waals surface area contributed by atoms with Gasteiger partial charge in [-0.2, -0.15) is 0 Å². The van der Waals surface area contributed by atoms with Crippen LogP contribution in [0.3, 0.4) is 0 Å². The summed E-state index contributed by atoms with van der Waals surface area (Å²) in [6.07, 6.45) is 2.27. The molecule has 0 aromatic heterocycles. The van der Waals surface area contributed by atoms with E-state index in [0.717, 1.165) is 37.2 Å². The van der Waals surface area contributed by atoms with E-state index in [-0.39, 0.29) is 17.9 Å². The molecule has 2 aromatic carbocycles. The molecule has 0 unspecified atom stereocenters. The van der Waals surface area contributed by atoms with Crippen molar-refractivity contribution in [2.24, 2.45) is 5.92 Å². The summed E-state index contributed by atoms with van der Waals surface area (Å²) in [5.41, 5.74) is 1.40. The number of halogens is 1. The van der Waals surface area contributed by atoms with Crippen molar-refractivity contribution in [2.75, 3.05) is 26.7 Å². The van der Waals surface area contributed by atoms with Gasteiger partial charge in [-0.3, -0.25) is 14.5 Å². The molecular formula is C25H32FN3O3. The van der Waals surface area contributed by atoms with Gasteiger partial charge in [-0.1, -0.05) is 26.0 Å². The lowest BCUT2D eigenvalue weighted by molar-refractivity contribution is -0.124. The number of amides is 2. The van der Waals surface area contributed by atoms with Gasteiger partial charge in [-0.25, -0.2) is 4.39 Å². The fourth-order valence-electron chi connectivity index (χ4n) is 4.03. The first-order valence-electron chi connectivity index (χ1n) is 11.1. The molecule has 0 saturated carbocycles. The third-order valence-corrected chi connectivity index (χ3v) is 5.87. The summed E-state index contributed by atoms with van der Waals surface area (Å²) < 4.78 is 18.5. The summed E-state index contributed by atoms with van der Waals surface area (Å²) in [5, 5.41) is 5.84. The van der Waals surface area contributed by atoms with Crippen molar-refractivity contribution < 1.29 is 18.7 Å². The second-order valence-corrected chi connectivity index (χ2v) is 8.48. The van der Waals surface area contributed by atoms with Crippen LogP contribution in [0.25, 0.3) is 0 Å². The Hall–Kier alpha value is -2.93. The maximum Gasteiger partial charge on any atom is 0.251 e. The third kappa shape index (κ3) is 6.07. The first kappa shape index (κ1) is 23.7. The van der Waals surface area contributed by atoms with Gasteiger partial charge >= 0.3 is 0 Å². The van der Waals surface area contributed by atoms with Gasteiger partial charge in [0.15, 0.2) is 0 Å². The lowest BCUT2D eigenvalue weighted by atomic mass is 10.0. The number of hydrogen-bond acceptors (Lipinski definition) is 4. The topological polar surface area (TPSA) is 70.7 Å². The molecule has 1 heterocycles. The quantitative estimate of drug-likeness (QED) is 0.625. The van der Waals surface area contributed by atoms with E-state index >= 15 is 0 Å². The van der Waals surface area contributed by atoms with Crippen LogP contribution >= 0.6 is 0 Å². The lowest BCUT2D eigenvalue weighted by Crippen LogP contribution is -2.51. The Balaban J connectivity index is 1.69. The number of nitrogens with one attached hydrogen (secondary N) is 2. The van der Waals surface area contributed by atoms with E-state index in [1.165, 1.54) is 24.3 Å². The molecule has 32 heavy (non-hydrogen) atoms. The van der Waals surface area contributed by atoms with Crippen LogP contribution in [0.1, 0.15) is 48.7 Å². The average molecular weight is 442 g/mol. The molecule has 3 rings (SSSR count). The molecule has 0 radical (unpaired) electrons. The van der Waals surface area contributed by atoms with Gasteiger partial charge in [0, 0.05) is 12.1 Å². The number of likely N-dealkylation sites (tertiary alicyclic amines) is 1. The lowest BCUT2D eigenvalue weighted by Gasteiger charge is -2.30. The van der Waals surface area contributed by atoms with E-state index in [0.29, 0.717) is 12.1 Å². The van der Waals surface area contributed by atoms with E-state index < -0.39 is 17.8 Å². The van der Waals surface area contributed by atoms with E-state index in [2.05, 4.69) is 15.5 Å². The van der Waals surface area contributed by atoms with Crippen LogP contribution in [0.4, 0.5) is 4.39 Å². The van der Waals surface area contributed by atoms with Crippen molar-refractivity contribution in [3.8, 4) is 5.75 Å². The minimum atomic E-state index is -0.697. The van der Waals surface area contributed by atoms with E-state index in [1.807, 2.05) is 38.1 Å². The first-order chi connectivity index (χ1) is 15.4. The molecule has 0 bridgehead atoms. The van der Waals surface area contributed by atoms with Crippen molar-refractivity contribution in [1.82, 2.24) is 15.5 Å². The van der Waals surface area contributed by atoms with E-state index in [9.17, 15) is 14.0 Å². The smallest absolute Gasteiger partial charge is 0.251 e. The highest BCUT2D eigenvalue weighted by molar-refractivity contribution is 5.97. The summed E-state index contributed by atoms with van der Waals surface area (Å²) in [7, 11) is 1.64. The Bertz CT molecular complexity index is 911. The van der Waals surface area contributed by atoms with Crippen molar-refractivity contribution in [3.05, 3.63) is 65.5 Å². The van der Waals surface area contributed by atoms with Gasteiger partial charge in [-0.05, 0) is 73.8 Å². The summed E-state index contributed by atoms with van der Waals surface area (Å²) in [6, 6.07) is 12.5.